The van der Waals surface area contributed by atoms with Gasteiger partial charge in [0.05, 0.1) is 0 Å². The van der Waals surface area contributed by atoms with Crippen molar-refractivity contribution in [1.29, 1.82) is 0 Å². The number of rotatable bonds is 1. The highest BCUT2D eigenvalue weighted by molar-refractivity contribution is 7.85. The predicted octanol–water partition coefficient (Wildman–Crippen LogP) is 0.484. The third-order valence-corrected chi connectivity index (χ3v) is 2.34. The summed E-state index contributed by atoms with van der Waals surface area (Å²) in [4.78, 5) is 9.66. The zero-order chi connectivity index (χ0) is 10.6. The van der Waals surface area contributed by atoms with Crippen molar-refractivity contribution in [3.05, 3.63) is 29.8 Å². The Balaban J connectivity index is 3.38. The molecule has 0 radical (unpaired) electrons. The Hall–Kier alpha value is -1.64. The lowest BCUT2D eigenvalue weighted by atomic mass is 10.2. The average Bonchev–Trinajstić information content (AvgIpc) is 2.14. The van der Waals surface area contributed by atoms with E-state index in [9.17, 15) is 13.2 Å². The van der Waals surface area contributed by atoms with E-state index in [-0.39, 0.29) is 10.5 Å². The number of hydrogen-bond acceptors (Lipinski definition) is 3. The van der Waals surface area contributed by atoms with Gasteiger partial charge in [0.1, 0.15) is 4.90 Å². The maximum Gasteiger partial charge on any atom is 0.295 e. The molecule has 14 heavy (non-hydrogen) atoms. The summed E-state index contributed by atoms with van der Waals surface area (Å²) in [5.74, 6) is 4.38. The van der Waals surface area contributed by atoms with Crippen molar-refractivity contribution in [2.45, 2.75) is 4.90 Å². The summed E-state index contributed by atoms with van der Waals surface area (Å²) >= 11 is 0. The Labute approximate surface area is 81.3 Å². The molecule has 0 saturated carbocycles. The first-order valence-electron chi connectivity index (χ1n) is 3.57. The molecule has 0 fully saturated rings. The van der Waals surface area contributed by atoms with E-state index >= 15 is 0 Å². The summed E-state index contributed by atoms with van der Waals surface area (Å²) in [6.07, 6.45) is 0.348. The van der Waals surface area contributed by atoms with E-state index < -0.39 is 10.1 Å². The number of carbonyl (C=O) groups is 1. The fourth-order valence-electron chi connectivity index (χ4n) is 0.902. The highest BCUT2D eigenvalue weighted by Crippen LogP contribution is 2.13. The topological polar surface area (TPSA) is 71.4 Å². The predicted molar refractivity (Wildman–Crippen MR) is 49.2 cm³/mol. The SMILES string of the molecule is O=CC#Cc1ccccc1S(=O)(=O)O. The van der Waals surface area contributed by atoms with Crippen molar-refractivity contribution in [3.63, 3.8) is 0 Å². The zero-order valence-corrected chi connectivity index (χ0v) is 7.78. The van der Waals surface area contributed by atoms with Crippen LogP contribution in [-0.4, -0.2) is 19.3 Å². The molecule has 1 aromatic rings. The molecule has 0 aliphatic carbocycles. The highest BCUT2D eigenvalue weighted by atomic mass is 32.2. The van der Waals surface area contributed by atoms with Crippen molar-refractivity contribution in [2.75, 3.05) is 0 Å². The van der Waals surface area contributed by atoms with E-state index in [4.69, 9.17) is 4.55 Å². The van der Waals surface area contributed by atoms with Gasteiger partial charge in [-0.25, -0.2) is 0 Å². The first-order chi connectivity index (χ1) is 6.55. The molecule has 4 nitrogen and oxygen atoms in total. The van der Waals surface area contributed by atoms with Crippen LogP contribution in [0.25, 0.3) is 0 Å². The van der Waals surface area contributed by atoms with Gasteiger partial charge >= 0.3 is 0 Å². The molecule has 0 aromatic heterocycles. The molecule has 0 heterocycles. The van der Waals surface area contributed by atoms with Crippen LogP contribution in [0.3, 0.4) is 0 Å². The Kier molecular flexibility index (Phi) is 3.02. The standard InChI is InChI=1S/C9H6O4S/c10-7-3-5-8-4-1-2-6-9(8)14(11,12)13/h1-2,4,6-7H,(H,11,12,13). The molecule has 0 aliphatic rings. The van der Waals surface area contributed by atoms with Gasteiger partial charge in [-0.1, -0.05) is 18.1 Å². The zero-order valence-electron chi connectivity index (χ0n) is 6.97. The summed E-state index contributed by atoms with van der Waals surface area (Å²) < 4.78 is 30.4. The molecule has 0 aliphatic heterocycles. The van der Waals surface area contributed by atoms with Crippen LogP contribution in [0.15, 0.2) is 29.2 Å². The lowest BCUT2D eigenvalue weighted by Gasteiger charge is -1.98. The molecule has 0 bridgehead atoms. The first-order valence-corrected chi connectivity index (χ1v) is 5.01. The van der Waals surface area contributed by atoms with Crippen molar-refractivity contribution in [1.82, 2.24) is 0 Å². The van der Waals surface area contributed by atoms with Crippen LogP contribution in [0.5, 0.6) is 0 Å². The van der Waals surface area contributed by atoms with Gasteiger partial charge in [-0.2, -0.15) is 8.42 Å². The van der Waals surface area contributed by atoms with Gasteiger partial charge in [0, 0.05) is 5.56 Å². The van der Waals surface area contributed by atoms with Gasteiger partial charge in [0.2, 0.25) is 0 Å². The van der Waals surface area contributed by atoms with Crippen LogP contribution in [0.2, 0.25) is 0 Å². The van der Waals surface area contributed by atoms with E-state index in [1.54, 1.807) is 6.07 Å². The van der Waals surface area contributed by atoms with Gasteiger partial charge in [-0.15, -0.1) is 0 Å². The molecule has 0 spiro atoms. The number of benzene rings is 1. The minimum atomic E-state index is -4.28. The summed E-state index contributed by atoms with van der Waals surface area (Å²) in [5, 5.41) is 0. The second-order valence-corrected chi connectivity index (χ2v) is 3.75. The van der Waals surface area contributed by atoms with Crippen LogP contribution >= 0.6 is 0 Å². The molecule has 72 valence electrons. The summed E-state index contributed by atoms with van der Waals surface area (Å²) in [5.41, 5.74) is 0.0992. The Bertz CT molecular complexity index is 505. The highest BCUT2D eigenvalue weighted by Gasteiger charge is 2.12. The molecule has 0 unspecified atom stereocenters. The van der Waals surface area contributed by atoms with Gasteiger partial charge in [0.15, 0.2) is 6.29 Å². The lowest BCUT2D eigenvalue weighted by molar-refractivity contribution is -0.103. The normalized spacial score (nSPS) is 10.1. The van der Waals surface area contributed by atoms with Crippen molar-refractivity contribution in [2.24, 2.45) is 0 Å². The summed E-state index contributed by atoms with van der Waals surface area (Å²) in [6, 6.07) is 5.63. The number of carbonyl (C=O) groups excluding carboxylic acids is 1. The molecule has 0 amide bonds. The van der Waals surface area contributed by atoms with Crippen molar-refractivity contribution >= 4 is 16.4 Å². The van der Waals surface area contributed by atoms with Gasteiger partial charge in [0.25, 0.3) is 10.1 Å². The lowest BCUT2D eigenvalue weighted by Crippen LogP contribution is -2.00. The molecule has 0 saturated heterocycles. The second-order valence-electron chi connectivity index (χ2n) is 2.36. The fourth-order valence-corrected chi connectivity index (χ4v) is 1.55. The average molecular weight is 210 g/mol. The van der Waals surface area contributed by atoms with Gasteiger partial charge < -0.3 is 0 Å². The van der Waals surface area contributed by atoms with Crippen LogP contribution in [-0.2, 0) is 14.9 Å². The molecule has 0 atom stereocenters. The smallest absolute Gasteiger partial charge is 0.289 e. The van der Waals surface area contributed by atoms with E-state index in [1.807, 2.05) is 0 Å². The Morgan fingerprint density at radius 3 is 2.50 bits per heavy atom. The van der Waals surface area contributed by atoms with Crippen LogP contribution < -0.4 is 0 Å². The molecule has 5 heteroatoms. The van der Waals surface area contributed by atoms with Crippen LogP contribution in [0.1, 0.15) is 5.56 Å². The third kappa shape index (κ3) is 2.42. The Morgan fingerprint density at radius 1 is 1.29 bits per heavy atom. The molecular formula is C9H6O4S. The van der Waals surface area contributed by atoms with Crippen LogP contribution in [0.4, 0.5) is 0 Å². The fraction of sp³-hybridized carbons (Fsp3) is 0. The van der Waals surface area contributed by atoms with Gasteiger partial charge in [-0.3, -0.25) is 9.35 Å². The van der Waals surface area contributed by atoms with E-state index in [1.165, 1.54) is 18.2 Å². The van der Waals surface area contributed by atoms with E-state index in [2.05, 4.69) is 11.8 Å². The van der Waals surface area contributed by atoms with Crippen molar-refractivity contribution < 1.29 is 17.8 Å². The molecular weight excluding hydrogens is 204 g/mol. The van der Waals surface area contributed by atoms with Gasteiger partial charge in [-0.05, 0) is 18.1 Å². The monoisotopic (exact) mass is 210 g/mol. The summed E-state index contributed by atoms with van der Waals surface area (Å²) in [6.45, 7) is 0. The number of aldehydes is 1. The molecule has 1 N–H and O–H groups in total. The maximum atomic E-state index is 10.8. The van der Waals surface area contributed by atoms with E-state index in [0.29, 0.717) is 6.29 Å². The van der Waals surface area contributed by atoms with Crippen molar-refractivity contribution in [3.8, 4) is 11.8 Å². The third-order valence-electron chi connectivity index (χ3n) is 1.43. The minimum Gasteiger partial charge on any atom is -0.289 e. The van der Waals surface area contributed by atoms with Crippen LogP contribution in [0, 0.1) is 11.8 Å². The van der Waals surface area contributed by atoms with E-state index in [0.717, 1.165) is 0 Å². The maximum absolute atomic E-state index is 10.8. The Morgan fingerprint density at radius 2 is 1.93 bits per heavy atom. The first kappa shape index (κ1) is 10.4. The summed E-state index contributed by atoms with van der Waals surface area (Å²) in [7, 11) is -4.28. The molecule has 1 rings (SSSR count). The minimum absolute atomic E-state index is 0.0992. The second kappa shape index (κ2) is 4.05. The number of hydrogen-bond donors (Lipinski definition) is 1. The molecule has 1 aromatic carbocycles. The largest absolute Gasteiger partial charge is 0.295 e. The quantitative estimate of drug-likeness (QED) is 0.416.